The largest absolute Gasteiger partial charge is 0.492 e. The van der Waals surface area contributed by atoms with Crippen molar-refractivity contribution in [1.82, 2.24) is 14.8 Å². The molecule has 0 atom stereocenters. The van der Waals surface area contributed by atoms with Gasteiger partial charge in [-0.2, -0.15) is 0 Å². The van der Waals surface area contributed by atoms with Crippen LogP contribution in [0.2, 0.25) is 0 Å². The third kappa shape index (κ3) is 8.49. The highest BCUT2D eigenvalue weighted by Gasteiger charge is 2.29. The number of hydrogen-bond acceptors (Lipinski definition) is 9. The monoisotopic (exact) mass is 708 g/mol. The molecule has 3 heterocycles. The average Bonchev–Trinajstić information content (AvgIpc) is 3.44. The van der Waals surface area contributed by atoms with Crippen molar-refractivity contribution >= 4 is 51.8 Å². The van der Waals surface area contributed by atoms with E-state index in [-0.39, 0.29) is 54.7 Å². The topological polar surface area (TPSA) is 151 Å². The summed E-state index contributed by atoms with van der Waals surface area (Å²) in [6.45, 7) is 9.88. The molecule has 0 unspecified atom stereocenters. The Bertz CT molecular complexity index is 1950. The SMILES string of the molecule is COc1c(NC(=O)Nc2ccc(-c3ccc(CN4CCOCC4)nc3)c3ccccc23)cc(C(C)(C)C)cc1NC(=O)OCCN1C(=O)CCC1=O. The van der Waals surface area contributed by atoms with Gasteiger partial charge < -0.3 is 24.8 Å². The van der Waals surface area contributed by atoms with Gasteiger partial charge in [-0.15, -0.1) is 0 Å². The van der Waals surface area contributed by atoms with Crippen molar-refractivity contribution in [2.75, 3.05) is 62.5 Å². The summed E-state index contributed by atoms with van der Waals surface area (Å²) in [6, 6.07) is 18.9. The van der Waals surface area contributed by atoms with E-state index in [4.69, 9.17) is 19.2 Å². The van der Waals surface area contributed by atoms with Crippen LogP contribution in [-0.4, -0.2) is 85.3 Å². The van der Waals surface area contributed by atoms with E-state index in [0.29, 0.717) is 11.4 Å². The first-order valence-electron chi connectivity index (χ1n) is 17.3. The zero-order chi connectivity index (χ0) is 36.8. The van der Waals surface area contributed by atoms with E-state index in [1.807, 2.05) is 63.4 Å². The highest BCUT2D eigenvalue weighted by molar-refractivity contribution is 6.10. The number of amides is 5. The van der Waals surface area contributed by atoms with Gasteiger partial charge in [0.25, 0.3) is 0 Å². The van der Waals surface area contributed by atoms with Crippen LogP contribution in [-0.2, 0) is 31.0 Å². The molecule has 0 spiro atoms. The molecule has 0 saturated carbocycles. The van der Waals surface area contributed by atoms with Gasteiger partial charge in [0.2, 0.25) is 11.8 Å². The van der Waals surface area contributed by atoms with Crippen molar-refractivity contribution in [3.05, 3.63) is 78.1 Å². The maximum Gasteiger partial charge on any atom is 0.411 e. The van der Waals surface area contributed by atoms with Gasteiger partial charge in [-0.1, -0.05) is 57.2 Å². The molecule has 5 amide bonds. The quantitative estimate of drug-likeness (QED) is 0.159. The number of imide groups is 1. The molecule has 0 bridgehead atoms. The van der Waals surface area contributed by atoms with Crippen LogP contribution in [0.5, 0.6) is 5.75 Å². The van der Waals surface area contributed by atoms with Crippen LogP contribution in [0.3, 0.4) is 0 Å². The summed E-state index contributed by atoms with van der Waals surface area (Å²) in [4.78, 5) is 58.4. The first-order valence-corrected chi connectivity index (χ1v) is 17.3. The van der Waals surface area contributed by atoms with Crippen molar-refractivity contribution in [1.29, 1.82) is 0 Å². The molecule has 13 nitrogen and oxygen atoms in total. The number of benzene rings is 3. The van der Waals surface area contributed by atoms with Gasteiger partial charge >= 0.3 is 12.1 Å². The van der Waals surface area contributed by atoms with E-state index < -0.39 is 12.1 Å². The zero-order valence-corrected chi connectivity index (χ0v) is 29.9. The number of methoxy groups -OCH3 is 1. The van der Waals surface area contributed by atoms with Crippen molar-refractivity contribution < 1.29 is 33.4 Å². The Hall–Kier alpha value is -5.53. The molecule has 0 aliphatic carbocycles. The number of nitrogens with zero attached hydrogens (tertiary/aromatic N) is 3. The minimum Gasteiger partial charge on any atom is -0.492 e. The van der Waals surface area contributed by atoms with E-state index >= 15 is 0 Å². The lowest BCUT2D eigenvalue weighted by molar-refractivity contribution is -0.138. The third-order valence-electron chi connectivity index (χ3n) is 9.14. The van der Waals surface area contributed by atoms with E-state index in [2.05, 4.69) is 33.0 Å². The van der Waals surface area contributed by atoms with Crippen molar-refractivity contribution in [2.45, 2.75) is 45.6 Å². The van der Waals surface area contributed by atoms with Crippen molar-refractivity contribution in [3.63, 3.8) is 0 Å². The maximum absolute atomic E-state index is 13.6. The number of anilines is 3. The molecule has 2 saturated heterocycles. The number of pyridine rings is 1. The molecule has 0 radical (unpaired) electrons. The molecule has 13 heteroatoms. The van der Waals surface area contributed by atoms with Crippen LogP contribution in [0.4, 0.5) is 26.7 Å². The number of nitrogens with one attached hydrogen (secondary N) is 3. The second kappa shape index (κ2) is 15.8. The molecule has 1 aromatic heterocycles. The number of carbonyl (C=O) groups excluding carboxylic acids is 4. The Kier molecular flexibility index (Phi) is 11.0. The smallest absolute Gasteiger partial charge is 0.411 e. The Morgan fingerprint density at radius 2 is 1.54 bits per heavy atom. The van der Waals surface area contributed by atoms with Gasteiger partial charge in [0, 0.05) is 49.6 Å². The lowest BCUT2D eigenvalue weighted by Gasteiger charge is -2.26. The number of hydrogen-bond donors (Lipinski definition) is 3. The van der Waals surface area contributed by atoms with Gasteiger partial charge in [0.1, 0.15) is 6.61 Å². The molecule has 52 heavy (non-hydrogen) atoms. The first kappa shape index (κ1) is 36.3. The summed E-state index contributed by atoms with van der Waals surface area (Å²) in [7, 11) is 1.44. The predicted octanol–water partition coefficient (Wildman–Crippen LogP) is 6.38. The van der Waals surface area contributed by atoms with Crippen LogP contribution in [0.15, 0.2) is 66.9 Å². The Morgan fingerprint density at radius 3 is 2.19 bits per heavy atom. The number of fused-ring (bicyclic) bond motifs is 1. The van der Waals surface area contributed by atoms with Crippen molar-refractivity contribution in [3.8, 4) is 16.9 Å². The Morgan fingerprint density at radius 1 is 0.865 bits per heavy atom. The van der Waals surface area contributed by atoms with Gasteiger partial charge in [-0.3, -0.25) is 29.7 Å². The molecular formula is C39H44N6O7. The number of rotatable bonds is 10. The molecule has 6 rings (SSSR count). The second-order valence-corrected chi connectivity index (χ2v) is 13.8. The minimum absolute atomic E-state index is 0.0224. The number of aromatic nitrogens is 1. The van der Waals surface area contributed by atoms with Crippen LogP contribution >= 0.6 is 0 Å². The number of ether oxygens (including phenoxy) is 3. The fourth-order valence-electron chi connectivity index (χ4n) is 6.32. The standard InChI is InChI=1S/C39H44N6O7/c1-39(2,3)26-21-32(36(50-4)33(22-26)43-38(49)52-20-17-45-34(46)13-14-35(45)47)42-37(48)41-31-12-11-28(29-7-5-6-8-30(29)31)25-9-10-27(40-23-25)24-44-15-18-51-19-16-44/h5-12,21-23H,13-20,24H2,1-4H3,(H,43,49)(H2,41,42,48). The van der Waals surface area contributed by atoms with Crippen molar-refractivity contribution in [2.24, 2.45) is 0 Å². The fourth-order valence-corrected chi connectivity index (χ4v) is 6.32. The molecule has 272 valence electrons. The van der Waals surface area contributed by atoms with E-state index in [9.17, 15) is 19.2 Å². The molecule has 2 aliphatic heterocycles. The lowest BCUT2D eigenvalue weighted by atomic mass is 9.86. The van der Waals surface area contributed by atoms with E-state index in [0.717, 1.165) is 70.9 Å². The van der Waals surface area contributed by atoms with E-state index in [1.165, 1.54) is 7.11 Å². The minimum atomic E-state index is -0.799. The molecule has 3 aromatic carbocycles. The Labute approximate surface area is 302 Å². The molecule has 4 aromatic rings. The molecule has 3 N–H and O–H groups in total. The van der Waals surface area contributed by atoms with Crippen LogP contribution in [0.25, 0.3) is 21.9 Å². The van der Waals surface area contributed by atoms with E-state index in [1.54, 1.807) is 12.1 Å². The summed E-state index contributed by atoms with van der Waals surface area (Å²) in [5.41, 5.74) is 4.63. The second-order valence-electron chi connectivity index (χ2n) is 13.8. The maximum atomic E-state index is 13.6. The number of likely N-dealkylation sites (tertiary alicyclic amines) is 1. The highest BCUT2D eigenvalue weighted by Crippen LogP contribution is 2.39. The normalized spacial score (nSPS) is 15.1. The summed E-state index contributed by atoms with van der Waals surface area (Å²) < 4.78 is 16.4. The molecule has 2 fully saturated rings. The molecular weight excluding hydrogens is 664 g/mol. The zero-order valence-electron chi connectivity index (χ0n) is 29.9. The fraction of sp³-hybridized carbons (Fsp3) is 0.359. The summed E-state index contributed by atoms with van der Waals surface area (Å²) in [5, 5.41) is 10.4. The van der Waals surface area contributed by atoms with Gasteiger partial charge in [-0.25, -0.2) is 9.59 Å². The van der Waals surface area contributed by atoms with Crippen LogP contribution in [0.1, 0.15) is 44.9 Å². The lowest BCUT2D eigenvalue weighted by Crippen LogP contribution is -2.35. The number of carbonyl (C=O) groups is 4. The van der Waals surface area contributed by atoms with Gasteiger partial charge in [0.15, 0.2) is 5.75 Å². The summed E-state index contributed by atoms with van der Waals surface area (Å²) in [5.74, 6) is -0.350. The van der Waals surface area contributed by atoms with Gasteiger partial charge in [0.05, 0.1) is 49.6 Å². The highest BCUT2D eigenvalue weighted by atomic mass is 16.5. The Balaban J connectivity index is 1.18. The molecule has 2 aliphatic rings. The van der Waals surface area contributed by atoms with Crippen LogP contribution < -0.4 is 20.7 Å². The van der Waals surface area contributed by atoms with Crippen LogP contribution in [0, 0.1) is 0 Å². The predicted molar refractivity (Wildman–Crippen MR) is 199 cm³/mol. The number of morpholine rings is 1. The average molecular weight is 709 g/mol. The summed E-state index contributed by atoms with van der Waals surface area (Å²) in [6.07, 6.45) is 1.42. The summed E-state index contributed by atoms with van der Waals surface area (Å²) >= 11 is 0. The first-order chi connectivity index (χ1) is 25.0. The van der Waals surface area contributed by atoms with Gasteiger partial charge in [-0.05, 0) is 46.2 Å². The number of urea groups is 1. The third-order valence-corrected chi connectivity index (χ3v) is 9.14.